The Morgan fingerprint density at radius 3 is 2.50 bits per heavy atom. The van der Waals surface area contributed by atoms with Crippen molar-refractivity contribution in [1.82, 2.24) is 5.32 Å². The van der Waals surface area contributed by atoms with Gasteiger partial charge in [-0.1, -0.05) is 0 Å². The zero-order chi connectivity index (χ0) is 8.20. The molecule has 4 heteroatoms. The number of hydrogen-bond donors (Lipinski definition) is 2. The Morgan fingerprint density at radius 1 is 1.70 bits per heavy atom. The summed E-state index contributed by atoms with van der Waals surface area (Å²) < 4.78 is 4.34. The molecule has 0 saturated carbocycles. The summed E-state index contributed by atoms with van der Waals surface area (Å²) in [5.74, 6) is 0. The number of rotatable bonds is 2. The molecule has 4 nitrogen and oxygen atoms in total. The monoisotopic (exact) mass is 146 g/mol. The summed E-state index contributed by atoms with van der Waals surface area (Å²) in [6.45, 7) is 4.06. The minimum Gasteiger partial charge on any atom is -0.453 e. The van der Waals surface area contributed by atoms with E-state index in [1.165, 1.54) is 7.11 Å². The van der Waals surface area contributed by atoms with Crippen LogP contribution in [0, 0.1) is 0 Å². The largest absolute Gasteiger partial charge is 0.453 e. The molecule has 0 heterocycles. The molecule has 0 aromatic carbocycles. The summed E-state index contributed by atoms with van der Waals surface area (Å²) in [5, 5.41) is 2.49. The van der Waals surface area contributed by atoms with Crippen LogP contribution >= 0.6 is 0 Å². The standard InChI is InChI=1S/C6H14N2O2/c1-6(2,7)4-8-5(9)10-3/h4,7H2,1-3H3,(H,8,9). The molecule has 10 heavy (non-hydrogen) atoms. The minimum absolute atomic E-state index is 0.381. The summed E-state index contributed by atoms with van der Waals surface area (Å²) in [6, 6.07) is 0. The molecule has 3 N–H and O–H groups in total. The van der Waals surface area contributed by atoms with Gasteiger partial charge in [-0.15, -0.1) is 0 Å². The van der Waals surface area contributed by atoms with Crippen molar-refractivity contribution in [3.8, 4) is 0 Å². The number of nitrogens with two attached hydrogens (primary N) is 1. The van der Waals surface area contributed by atoms with E-state index in [2.05, 4.69) is 10.1 Å². The second-order valence-electron chi connectivity index (χ2n) is 2.83. The van der Waals surface area contributed by atoms with Gasteiger partial charge in [-0.3, -0.25) is 0 Å². The lowest BCUT2D eigenvalue weighted by Gasteiger charge is -2.17. The first-order valence-electron chi connectivity index (χ1n) is 3.06. The summed E-state index contributed by atoms with van der Waals surface area (Å²) in [5.41, 5.74) is 5.19. The van der Waals surface area contributed by atoms with Crippen LogP contribution in [-0.4, -0.2) is 25.3 Å². The molecule has 0 rings (SSSR count). The molecule has 0 bridgehead atoms. The maximum atomic E-state index is 10.5. The van der Waals surface area contributed by atoms with Crippen LogP contribution in [0.15, 0.2) is 0 Å². The molecule has 0 radical (unpaired) electrons. The molecule has 1 amide bonds. The van der Waals surface area contributed by atoms with Gasteiger partial charge in [0.1, 0.15) is 0 Å². The smallest absolute Gasteiger partial charge is 0.406 e. The van der Waals surface area contributed by atoms with E-state index >= 15 is 0 Å². The lowest BCUT2D eigenvalue weighted by molar-refractivity contribution is 0.168. The van der Waals surface area contributed by atoms with Gasteiger partial charge in [0.2, 0.25) is 0 Å². The molecule has 60 valence electrons. The van der Waals surface area contributed by atoms with Crippen molar-refractivity contribution in [3.05, 3.63) is 0 Å². The van der Waals surface area contributed by atoms with Crippen LogP contribution in [0.4, 0.5) is 4.79 Å². The fraction of sp³-hybridized carbons (Fsp3) is 0.833. The third-order valence-corrected chi connectivity index (χ3v) is 0.874. The number of carbonyl (C=O) groups excluding carboxylic acids is 1. The zero-order valence-electron chi connectivity index (χ0n) is 6.60. The van der Waals surface area contributed by atoms with E-state index in [9.17, 15) is 4.79 Å². The summed E-state index contributed by atoms with van der Waals surface area (Å²) >= 11 is 0. The molecule has 0 saturated heterocycles. The van der Waals surface area contributed by atoms with Crippen molar-refractivity contribution in [2.45, 2.75) is 19.4 Å². The lowest BCUT2D eigenvalue weighted by Crippen LogP contribution is -2.45. The second-order valence-corrected chi connectivity index (χ2v) is 2.83. The molecule has 0 aromatic heterocycles. The van der Waals surface area contributed by atoms with E-state index in [0.29, 0.717) is 6.54 Å². The van der Waals surface area contributed by atoms with Crippen LogP contribution in [-0.2, 0) is 4.74 Å². The highest BCUT2D eigenvalue weighted by Gasteiger charge is 2.11. The summed E-state index contributed by atoms with van der Waals surface area (Å²) in [7, 11) is 1.32. The van der Waals surface area contributed by atoms with Gasteiger partial charge in [0.05, 0.1) is 7.11 Å². The van der Waals surface area contributed by atoms with Crippen molar-refractivity contribution in [1.29, 1.82) is 0 Å². The Hall–Kier alpha value is -0.770. The van der Waals surface area contributed by atoms with Gasteiger partial charge in [0, 0.05) is 12.1 Å². The Balaban J connectivity index is 3.46. The highest BCUT2D eigenvalue weighted by atomic mass is 16.5. The molecule has 0 unspecified atom stereocenters. The molecule has 0 aliphatic heterocycles. The maximum Gasteiger partial charge on any atom is 0.406 e. The van der Waals surface area contributed by atoms with Gasteiger partial charge in [-0.25, -0.2) is 4.79 Å². The van der Waals surface area contributed by atoms with Gasteiger partial charge in [0.25, 0.3) is 0 Å². The van der Waals surface area contributed by atoms with E-state index in [4.69, 9.17) is 5.73 Å². The second kappa shape index (κ2) is 3.41. The molecule has 0 aromatic rings. The Labute approximate surface area is 60.7 Å². The number of hydrogen-bond acceptors (Lipinski definition) is 3. The molecule has 0 aliphatic carbocycles. The predicted octanol–water partition coefficient (Wildman–Crippen LogP) is 0.0797. The van der Waals surface area contributed by atoms with Crippen LogP contribution in [0.25, 0.3) is 0 Å². The fourth-order valence-corrected chi connectivity index (χ4v) is 0.372. The Bertz CT molecular complexity index is 117. The quantitative estimate of drug-likeness (QED) is 0.580. The maximum absolute atomic E-state index is 10.5. The van der Waals surface area contributed by atoms with Gasteiger partial charge >= 0.3 is 6.09 Å². The van der Waals surface area contributed by atoms with E-state index < -0.39 is 6.09 Å². The van der Waals surface area contributed by atoms with Crippen molar-refractivity contribution < 1.29 is 9.53 Å². The average molecular weight is 146 g/mol. The first-order chi connectivity index (χ1) is 4.45. The van der Waals surface area contributed by atoms with Crippen LogP contribution in [0.3, 0.4) is 0 Å². The number of ether oxygens (including phenoxy) is 1. The average Bonchev–Trinajstić information content (AvgIpc) is 1.81. The van der Waals surface area contributed by atoms with Crippen LogP contribution in [0.5, 0.6) is 0 Å². The van der Waals surface area contributed by atoms with E-state index in [1.54, 1.807) is 0 Å². The van der Waals surface area contributed by atoms with Gasteiger partial charge < -0.3 is 15.8 Å². The normalized spacial score (nSPS) is 10.8. The fourth-order valence-electron chi connectivity index (χ4n) is 0.372. The van der Waals surface area contributed by atoms with Gasteiger partial charge in [-0.05, 0) is 13.8 Å². The number of carbonyl (C=O) groups is 1. The third-order valence-electron chi connectivity index (χ3n) is 0.874. The molecule has 0 spiro atoms. The number of nitrogens with one attached hydrogen (secondary N) is 1. The Kier molecular flexibility index (Phi) is 3.15. The summed E-state index contributed by atoms with van der Waals surface area (Å²) in [4.78, 5) is 10.5. The number of amides is 1. The first-order valence-corrected chi connectivity index (χ1v) is 3.06. The molecular formula is C6H14N2O2. The van der Waals surface area contributed by atoms with Gasteiger partial charge in [0.15, 0.2) is 0 Å². The zero-order valence-corrected chi connectivity index (χ0v) is 6.60. The van der Waals surface area contributed by atoms with Crippen molar-refractivity contribution in [3.63, 3.8) is 0 Å². The van der Waals surface area contributed by atoms with Crippen molar-refractivity contribution in [2.24, 2.45) is 5.73 Å². The number of alkyl carbamates (subject to hydrolysis) is 1. The van der Waals surface area contributed by atoms with Crippen LogP contribution < -0.4 is 11.1 Å². The van der Waals surface area contributed by atoms with Crippen LogP contribution in [0.2, 0.25) is 0 Å². The highest BCUT2D eigenvalue weighted by Crippen LogP contribution is 1.92. The minimum atomic E-state index is -0.446. The predicted molar refractivity (Wildman–Crippen MR) is 38.7 cm³/mol. The number of methoxy groups -OCH3 is 1. The molecule has 0 atom stereocenters. The first kappa shape index (κ1) is 9.23. The lowest BCUT2D eigenvalue weighted by atomic mass is 10.1. The SMILES string of the molecule is COC(=O)NCC(C)(C)N. The Morgan fingerprint density at radius 2 is 2.20 bits per heavy atom. The topological polar surface area (TPSA) is 64.3 Å². The molecule has 0 aliphatic rings. The van der Waals surface area contributed by atoms with E-state index in [1.807, 2.05) is 13.8 Å². The van der Waals surface area contributed by atoms with E-state index in [-0.39, 0.29) is 5.54 Å². The molecular weight excluding hydrogens is 132 g/mol. The van der Waals surface area contributed by atoms with Crippen LogP contribution in [0.1, 0.15) is 13.8 Å². The van der Waals surface area contributed by atoms with Crippen molar-refractivity contribution in [2.75, 3.05) is 13.7 Å². The molecule has 0 fully saturated rings. The van der Waals surface area contributed by atoms with E-state index in [0.717, 1.165) is 0 Å². The highest BCUT2D eigenvalue weighted by molar-refractivity contribution is 5.66. The summed E-state index contributed by atoms with van der Waals surface area (Å²) in [6.07, 6.45) is -0.446. The third kappa shape index (κ3) is 5.37. The van der Waals surface area contributed by atoms with Gasteiger partial charge in [-0.2, -0.15) is 0 Å². The van der Waals surface area contributed by atoms with Crippen molar-refractivity contribution >= 4 is 6.09 Å².